The second-order valence-electron chi connectivity index (χ2n) is 7.48. The van der Waals surface area contributed by atoms with E-state index in [4.69, 9.17) is 9.47 Å². The molecule has 0 N–H and O–H groups in total. The van der Waals surface area contributed by atoms with Gasteiger partial charge in [-0.15, -0.1) is 0 Å². The number of carbonyl (C=O) groups is 2. The molecule has 1 aromatic rings. The lowest BCUT2D eigenvalue weighted by atomic mass is 10.2. The van der Waals surface area contributed by atoms with E-state index in [1.165, 1.54) is 24.3 Å². The number of likely N-dealkylation sites (N-methyl/N-ethyl adjacent to an activating group) is 1. The van der Waals surface area contributed by atoms with E-state index in [1.54, 1.807) is 41.8 Å². The molecule has 0 aliphatic rings. The second kappa shape index (κ2) is 9.99. The summed E-state index contributed by atoms with van der Waals surface area (Å²) in [5, 5.41) is 0. The fraction of sp³-hybridized carbons (Fsp3) is 0.579. The van der Waals surface area contributed by atoms with Crippen LogP contribution in [0.1, 0.15) is 38.1 Å². The topological polar surface area (TPSA) is 93.2 Å². The summed E-state index contributed by atoms with van der Waals surface area (Å²) < 4.78 is 37.5. The van der Waals surface area contributed by atoms with Crippen molar-refractivity contribution >= 4 is 22.0 Å². The summed E-state index contributed by atoms with van der Waals surface area (Å²) in [4.78, 5) is 25.9. The van der Waals surface area contributed by atoms with Gasteiger partial charge in [0.2, 0.25) is 10.0 Å². The van der Waals surface area contributed by atoms with Gasteiger partial charge in [0, 0.05) is 13.1 Å². The van der Waals surface area contributed by atoms with Gasteiger partial charge in [-0.25, -0.2) is 13.2 Å². The van der Waals surface area contributed by atoms with Crippen molar-refractivity contribution in [2.75, 3.05) is 40.3 Å². The molecular formula is C19H30N2O6S. The number of carbonyl (C=O) groups excluding carboxylic acids is 2. The molecule has 1 rings (SSSR count). The first kappa shape index (κ1) is 24.1. The molecule has 0 heterocycles. The van der Waals surface area contributed by atoms with E-state index in [0.717, 1.165) is 4.31 Å². The lowest BCUT2D eigenvalue weighted by Gasteiger charge is -2.26. The van der Waals surface area contributed by atoms with Gasteiger partial charge in [0.25, 0.3) is 0 Å². The lowest BCUT2D eigenvalue weighted by Crippen LogP contribution is -2.42. The average Bonchev–Trinajstić information content (AvgIpc) is 2.57. The zero-order valence-corrected chi connectivity index (χ0v) is 18.2. The van der Waals surface area contributed by atoms with Gasteiger partial charge < -0.3 is 14.4 Å². The highest BCUT2D eigenvalue weighted by Gasteiger charge is 2.29. The van der Waals surface area contributed by atoms with Crippen LogP contribution >= 0.6 is 0 Å². The fourth-order valence-electron chi connectivity index (χ4n) is 2.26. The summed E-state index contributed by atoms with van der Waals surface area (Å²) in [6.07, 6.45) is 0. The van der Waals surface area contributed by atoms with Crippen molar-refractivity contribution in [1.29, 1.82) is 0 Å². The summed E-state index contributed by atoms with van der Waals surface area (Å²) in [7, 11) is -0.410. The monoisotopic (exact) mass is 414 g/mol. The maximum atomic E-state index is 13.1. The van der Waals surface area contributed by atoms with Crippen molar-refractivity contribution in [3.8, 4) is 0 Å². The molecule has 0 radical (unpaired) electrons. The van der Waals surface area contributed by atoms with Crippen molar-refractivity contribution < 1.29 is 27.5 Å². The van der Waals surface area contributed by atoms with Crippen LogP contribution in [-0.2, 0) is 24.3 Å². The summed E-state index contributed by atoms with van der Waals surface area (Å²) in [6.45, 7) is 7.09. The molecule has 0 atom stereocenters. The number of nitrogens with zero attached hydrogens (tertiary/aromatic N) is 2. The number of hydrogen-bond donors (Lipinski definition) is 0. The predicted molar refractivity (Wildman–Crippen MR) is 106 cm³/mol. The Morgan fingerprint density at radius 3 is 2.29 bits per heavy atom. The second-order valence-corrected chi connectivity index (χ2v) is 9.41. The number of sulfonamides is 1. The molecular weight excluding hydrogens is 384 g/mol. The molecule has 0 saturated carbocycles. The van der Waals surface area contributed by atoms with E-state index in [-0.39, 0.29) is 23.6 Å². The van der Waals surface area contributed by atoms with Gasteiger partial charge in [0.15, 0.2) is 0 Å². The minimum atomic E-state index is -4.02. The Morgan fingerprint density at radius 2 is 1.75 bits per heavy atom. The third-order valence-electron chi connectivity index (χ3n) is 3.51. The highest BCUT2D eigenvalue weighted by molar-refractivity contribution is 7.89. The molecule has 0 amide bonds. The quantitative estimate of drug-likeness (QED) is 0.568. The van der Waals surface area contributed by atoms with Crippen LogP contribution < -0.4 is 0 Å². The number of rotatable bonds is 9. The zero-order valence-electron chi connectivity index (χ0n) is 17.4. The smallest absolute Gasteiger partial charge is 0.338 e. The Hall–Kier alpha value is -1.97. The van der Waals surface area contributed by atoms with Gasteiger partial charge in [-0.3, -0.25) is 4.79 Å². The maximum Gasteiger partial charge on any atom is 0.338 e. The Kier molecular flexibility index (Phi) is 8.59. The highest BCUT2D eigenvalue weighted by atomic mass is 32.2. The Bertz CT molecular complexity index is 784. The largest absolute Gasteiger partial charge is 0.462 e. The lowest BCUT2D eigenvalue weighted by molar-refractivity contribution is -0.155. The molecule has 0 bridgehead atoms. The van der Waals surface area contributed by atoms with E-state index in [1.807, 2.05) is 4.90 Å². The van der Waals surface area contributed by atoms with Gasteiger partial charge in [-0.1, -0.05) is 6.07 Å². The van der Waals surface area contributed by atoms with E-state index < -0.39 is 34.1 Å². The van der Waals surface area contributed by atoms with E-state index >= 15 is 0 Å². The minimum absolute atomic E-state index is 0.0830. The minimum Gasteiger partial charge on any atom is -0.462 e. The van der Waals surface area contributed by atoms with Gasteiger partial charge in [-0.2, -0.15) is 4.31 Å². The van der Waals surface area contributed by atoms with Crippen molar-refractivity contribution in [3.05, 3.63) is 29.8 Å². The standard InChI is InChI=1S/C19H30N2O6S/c1-7-26-18(23)15-9-8-10-16(13-15)28(24,25)21(12-11-20(5)6)14-17(22)27-19(2,3)4/h8-10,13H,7,11-12,14H2,1-6H3. The van der Waals surface area contributed by atoms with Gasteiger partial charge >= 0.3 is 11.9 Å². The average molecular weight is 415 g/mol. The maximum absolute atomic E-state index is 13.1. The molecule has 0 aliphatic carbocycles. The van der Waals surface area contributed by atoms with Crippen LogP contribution in [0.5, 0.6) is 0 Å². The molecule has 0 saturated heterocycles. The summed E-state index contributed by atoms with van der Waals surface area (Å²) in [6, 6.07) is 5.59. The number of esters is 2. The molecule has 28 heavy (non-hydrogen) atoms. The van der Waals surface area contributed by atoms with Crippen LogP contribution in [0.3, 0.4) is 0 Å². The van der Waals surface area contributed by atoms with E-state index in [0.29, 0.717) is 6.54 Å². The molecule has 158 valence electrons. The third-order valence-corrected chi connectivity index (χ3v) is 5.35. The first-order valence-corrected chi connectivity index (χ1v) is 10.4. The number of benzene rings is 1. The molecule has 9 heteroatoms. The molecule has 0 aromatic heterocycles. The van der Waals surface area contributed by atoms with Crippen molar-refractivity contribution in [1.82, 2.24) is 9.21 Å². The normalized spacial score (nSPS) is 12.3. The molecule has 0 unspecified atom stereocenters. The Balaban J connectivity index is 3.17. The highest BCUT2D eigenvalue weighted by Crippen LogP contribution is 2.19. The molecule has 0 aliphatic heterocycles. The van der Waals surface area contributed by atoms with E-state index in [9.17, 15) is 18.0 Å². The van der Waals surface area contributed by atoms with Crippen molar-refractivity contribution in [2.45, 2.75) is 38.2 Å². The molecule has 0 spiro atoms. The molecule has 1 aromatic carbocycles. The van der Waals surface area contributed by atoms with Crippen molar-refractivity contribution in [2.24, 2.45) is 0 Å². The van der Waals surface area contributed by atoms with Gasteiger partial charge in [0.1, 0.15) is 12.1 Å². The van der Waals surface area contributed by atoms with Gasteiger partial charge in [0.05, 0.1) is 17.1 Å². The predicted octanol–water partition coefficient (Wildman–Crippen LogP) is 1.76. The first-order chi connectivity index (χ1) is 12.9. The van der Waals surface area contributed by atoms with Crippen LogP contribution in [-0.4, -0.2) is 75.5 Å². The van der Waals surface area contributed by atoms with Crippen LogP contribution in [0.4, 0.5) is 0 Å². The van der Waals surface area contributed by atoms with Gasteiger partial charge in [-0.05, 0) is 60.0 Å². The molecule has 8 nitrogen and oxygen atoms in total. The Labute approximate surface area is 167 Å². The zero-order chi connectivity index (χ0) is 21.5. The van der Waals surface area contributed by atoms with Crippen LogP contribution in [0.15, 0.2) is 29.2 Å². The first-order valence-electron chi connectivity index (χ1n) is 9.00. The summed E-state index contributed by atoms with van der Waals surface area (Å²) in [5.41, 5.74) is -0.592. The third kappa shape index (κ3) is 7.57. The Morgan fingerprint density at radius 1 is 1.11 bits per heavy atom. The SMILES string of the molecule is CCOC(=O)c1cccc(S(=O)(=O)N(CCN(C)C)CC(=O)OC(C)(C)C)c1. The summed E-state index contributed by atoms with van der Waals surface area (Å²) in [5.74, 6) is -1.25. The van der Waals surface area contributed by atoms with E-state index in [2.05, 4.69) is 0 Å². The molecule has 0 fully saturated rings. The van der Waals surface area contributed by atoms with Crippen LogP contribution in [0, 0.1) is 0 Å². The number of ether oxygens (including phenoxy) is 2. The number of hydrogen-bond acceptors (Lipinski definition) is 7. The van der Waals surface area contributed by atoms with Crippen LogP contribution in [0.2, 0.25) is 0 Å². The van der Waals surface area contributed by atoms with Crippen molar-refractivity contribution in [3.63, 3.8) is 0 Å². The fourth-order valence-corrected chi connectivity index (χ4v) is 3.68. The van der Waals surface area contributed by atoms with Crippen LogP contribution in [0.25, 0.3) is 0 Å². The summed E-state index contributed by atoms with van der Waals surface area (Å²) >= 11 is 0.